The van der Waals surface area contributed by atoms with Gasteiger partial charge in [0, 0.05) is 6.61 Å². The molecule has 1 aliphatic carbocycles. The first kappa shape index (κ1) is 13.9. The molecule has 1 heterocycles. The van der Waals surface area contributed by atoms with Crippen LogP contribution in [0, 0.1) is 5.92 Å². The van der Waals surface area contributed by atoms with Crippen molar-refractivity contribution in [3.63, 3.8) is 0 Å². The first-order valence-electron chi connectivity index (χ1n) is 7.66. The maximum atomic E-state index is 10.5. The second-order valence-electron chi connectivity index (χ2n) is 6.26. The number of aliphatic hydroxyl groups is 1. The van der Waals surface area contributed by atoms with Gasteiger partial charge in [-0.15, -0.1) is 0 Å². The Hall–Kier alpha value is -1.06. The van der Waals surface area contributed by atoms with Crippen LogP contribution in [-0.4, -0.2) is 30.5 Å². The summed E-state index contributed by atoms with van der Waals surface area (Å²) in [6.07, 6.45) is 6.12. The predicted molar refractivity (Wildman–Crippen MR) is 78.0 cm³/mol. The van der Waals surface area contributed by atoms with Crippen molar-refractivity contribution in [1.29, 1.82) is 0 Å². The topological polar surface area (TPSA) is 38.7 Å². The minimum absolute atomic E-state index is 0.115. The van der Waals surface area contributed by atoms with Crippen molar-refractivity contribution in [3.8, 4) is 5.75 Å². The molecule has 2 atom stereocenters. The van der Waals surface area contributed by atoms with Crippen molar-refractivity contribution in [1.82, 2.24) is 0 Å². The minimum Gasteiger partial charge on any atom is -0.497 e. The van der Waals surface area contributed by atoms with Gasteiger partial charge < -0.3 is 14.6 Å². The van der Waals surface area contributed by atoms with E-state index < -0.39 is 0 Å². The molecule has 3 nitrogen and oxygen atoms in total. The molecule has 1 aliphatic heterocycles. The van der Waals surface area contributed by atoms with Crippen molar-refractivity contribution >= 4 is 0 Å². The molecular formula is C17H24O3. The third-order valence-electron chi connectivity index (χ3n) is 4.94. The molecule has 1 spiro atoms. The third-order valence-corrected chi connectivity index (χ3v) is 4.94. The van der Waals surface area contributed by atoms with Crippen LogP contribution in [-0.2, 0) is 11.2 Å². The van der Waals surface area contributed by atoms with Gasteiger partial charge in [0.25, 0.3) is 0 Å². The Morgan fingerprint density at radius 3 is 2.70 bits per heavy atom. The average molecular weight is 276 g/mol. The normalized spacial score (nSPS) is 26.0. The Balaban J connectivity index is 1.58. The van der Waals surface area contributed by atoms with Crippen LogP contribution in [0.1, 0.15) is 37.7 Å². The van der Waals surface area contributed by atoms with E-state index in [9.17, 15) is 5.11 Å². The van der Waals surface area contributed by atoms with E-state index in [1.165, 1.54) is 24.8 Å². The van der Waals surface area contributed by atoms with Crippen LogP contribution < -0.4 is 4.74 Å². The van der Waals surface area contributed by atoms with Crippen LogP contribution in [0.25, 0.3) is 0 Å². The average Bonchev–Trinajstić information content (AvgIpc) is 2.46. The van der Waals surface area contributed by atoms with Crippen molar-refractivity contribution in [3.05, 3.63) is 29.8 Å². The molecule has 2 aliphatic rings. The van der Waals surface area contributed by atoms with Crippen LogP contribution in [0.3, 0.4) is 0 Å². The van der Waals surface area contributed by atoms with Gasteiger partial charge in [-0.25, -0.2) is 0 Å². The van der Waals surface area contributed by atoms with Gasteiger partial charge >= 0.3 is 0 Å². The summed E-state index contributed by atoms with van der Waals surface area (Å²) in [5.74, 6) is 1.24. The van der Waals surface area contributed by atoms with Gasteiger partial charge in [-0.05, 0) is 62.1 Å². The van der Waals surface area contributed by atoms with Crippen molar-refractivity contribution < 1.29 is 14.6 Å². The lowest BCUT2D eigenvalue weighted by atomic mass is 9.70. The predicted octanol–water partition coefficient (Wildman–Crippen LogP) is 2.95. The van der Waals surface area contributed by atoms with E-state index >= 15 is 0 Å². The van der Waals surface area contributed by atoms with E-state index in [0.717, 1.165) is 31.6 Å². The fourth-order valence-corrected chi connectivity index (χ4v) is 3.48. The summed E-state index contributed by atoms with van der Waals surface area (Å²) in [7, 11) is 1.67. The van der Waals surface area contributed by atoms with Crippen LogP contribution in [0.5, 0.6) is 5.75 Å². The second-order valence-corrected chi connectivity index (χ2v) is 6.26. The van der Waals surface area contributed by atoms with Gasteiger partial charge in [-0.3, -0.25) is 0 Å². The summed E-state index contributed by atoms with van der Waals surface area (Å²) in [6, 6.07) is 8.00. The summed E-state index contributed by atoms with van der Waals surface area (Å²) in [5, 5.41) is 10.5. The molecule has 1 saturated heterocycles. The molecule has 1 aromatic carbocycles. The van der Waals surface area contributed by atoms with E-state index in [4.69, 9.17) is 9.47 Å². The van der Waals surface area contributed by atoms with Crippen molar-refractivity contribution in [2.45, 2.75) is 50.2 Å². The second kappa shape index (κ2) is 5.74. The largest absolute Gasteiger partial charge is 0.497 e. The fourth-order valence-electron chi connectivity index (χ4n) is 3.48. The van der Waals surface area contributed by atoms with E-state index in [-0.39, 0.29) is 11.7 Å². The van der Waals surface area contributed by atoms with E-state index in [1.807, 2.05) is 24.3 Å². The van der Waals surface area contributed by atoms with Crippen LogP contribution in [0.2, 0.25) is 0 Å². The highest BCUT2D eigenvalue weighted by Crippen LogP contribution is 2.45. The van der Waals surface area contributed by atoms with Gasteiger partial charge in [0.2, 0.25) is 0 Å². The highest BCUT2D eigenvalue weighted by atomic mass is 16.5. The molecule has 1 N–H and O–H groups in total. The monoisotopic (exact) mass is 276 g/mol. The van der Waals surface area contributed by atoms with E-state index in [2.05, 4.69) is 0 Å². The summed E-state index contributed by atoms with van der Waals surface area (Å²) in [5.41, 5.74) is 1.29. The first-order chi connectivity index (χ1) is 9.71. The lowest BCUT2D eigenvalue weighted by Crippen LogP contribution is -2.48. The highest BCUT2D eigenvalue weighted by Gasteiger charge is 2.43. The van der Waals surface area contributed by atoms with Crippen LogP contribution >= 0.6 is 0 Å². The molecule has 0 amide bonds. The molecule has 110 valence electrons. The molecule has 1 saturated carbocycles. The smallest absolute Gasteiger partial charge is 0.118 e. The van der Waals surface area contributed by atoms with Crippen molar-refractivity contribution in [2.24, 2.45) is 5.92 Å². The molecule has 2 fully saturated rings. The van der Waals surface area contributed by atoms with Crippen molar-refractivity contribution in [2.75, 3.05) is 13.7 Å². The Bertz CT molecular complexity index is 436. The van der Waals surface area contributed by atoms with Gasteiger partial charge in [-0.2, -0.15) is 0 Å². The van der Waals surface area contributed by atoms with Gasteiger partial charge in [0.1, 0.15) is 5.75 Å². The number of hydrogen-bond donors (Lipinski definition) is 1. The Kier molecular flexibility index (Phi) is 3.99. The fraction of sp³-hybridized carbons (Fsp3) is 0.647. The Labute approximate surface area is 120 Å². The zero-order chi connectivity index (χ0) is 14.0. The maximum Gasteiger partial charge on any atom is 0.118 e. The number of rotatable bonds is 4. The summed E-state index contributed by atoms with van der Waals surface area (Å²) >= 11 is 0. The lowest BCUT2D eigenvalue weighted by Gasteiger charge is -2.48. The maximum absolute atomic E-state index is 10.5. The number of benzene rings is 1. The molecule has 20 heavy (non-hydrogen) atoms. The molecule has 2 unspecified atom stereocenters. The molecule has 3 heteroatoms. The van der Waals surface area contributed by atoms with E-state index in [0.29, 0.717) is 5.92 Å². The van der Waals surface area contributed by atoms with Crippen LogP contribution in [0.4, 0.5) is 0 Å². The van der Waals surface area contributed by atoms with Crippen LogP contribution in [0.15, 0.2) is 24.3 Å². The van der Waals surface area contributed by atoms with Gasteiger partial charge in [0.05, 0.1) is 18.8 Å². The summed E-state index contributed by atoms with van der Waals surface area (Å²) < 4.78 is 11.1. The highest BCUT2D eigenvalue weighted by molar-refractivity contribution is 5.27. The molecule has 3 rings (SSSR count). The van der Waals surface area contributed by atoms with Gasteiger partial charge in [-0.1, -0.05) is 12.1 Å². The third kappa shape index (κ3) is 2.84. The molecule has 0 aromatic heterocycles. The molecule has 0 bridgehead atoms. The number of methoxy groups -OCH3 is 1. The number of aliphatic hydroxyl groups excluding tert-OH is 1. The first-order valence-corrected chi connectivity index (χ1v) is 7.66. The molecule has 1 aromatic rings. The summed E-state index contributed by atoms with van der Waals surface area (Å²) in [6.45, 7) is 0.810. The molecular weight excluding hydrogens is 252 g/mol. The van der Waals surface area contributed by atoms with Gasteiger partial charge in [0.15, 0.2) is 0 Å². The number of ether oxygens (including phenoxy) is 2. The Morgan fingerprint density at radius 1 is 1.35 bits per heavy atom. The minimum atomic E-state index is -0.259. The van der Waals surface area contributed by atoms with E-state index in [1.54, 1.807) is 7.11 Å². The number of hydrogen-bond acceptors (Lipinski definition) is 3. The molecule has 0 radical (unpaired) electrons. The zero-order valence-corrected chi connectivity index (χ0v) is 12.2. The Morgan fingerprint density at radius 2 is 2.10 bits per heavy atom. The SMILES string of the molecule is COc1ccc(CC(O)C2CCOC3(CCC3)C2)cc1. The lowest BCUT2D eigenvalue weighted by molar-refractivity contribution is -0.156. The summed E-state index contributed by atoms with van der Waals surface area (Å²) in [4.78, 5) is 0. The zero-order valence-electron chi connectivity index (χ0n) is 12.2. The quantitative estimate of drug-likeness (QED) is 0.919. The standard InChI is InChI=1S/C17H24O3/c1-19-15-5-3-13(4-6-15)11-16(18)14-7-10-20-17(12-14)8-2-9-17/h3-6,14,16,18H,2,7-12H2,1H3.